The third-order valence-corrected chi connectivity index (χ3v) is 3.49. The van der Waals surface area contributed by atoms with Crippen LogP contribution in [0, 0.1) is 5.92 Å². The summed E-state index contributed by atoms with van der Waals surface area (Å²) in [6.45, 7) is 13.1. The number of nitrogens with one attached hydrogen (secondary N) is 2. The molecule has 1 rings (SSSR count). The Bertz CT molecular complexity index is 240. The molecule has 1 heterocycles. The first-order valence-electron chi connectivity index (χ1n) is 7.54. The highest BCUT2D eigenvalue weighted by Gasteiger charge is 2.20. The number of rotatable bonds is 7. The summed E-state index contributed by atoms with van der Waals surface area (Å²) in [5.41, 5.74) is 0. The van der Waals surface area contributed by atoms with Crippen LogP contribution < -0.4 is 10.6 Å². The molecule has 0 saturated carbocycles. The molecule has 0 bridgehead atoms. The first-order chi connectivity index (χ1) is 8.80. The largest absolute Gasteiger partial charge is 0.357 e. The van der Waals surface area contributed by atoms with Crippen LogP contribution in [0.25, 0.3) is 0 Å². The first kappa shape index (κ1) is 15.3. The van der Waals surface area contributed by atoms with Gasteiger partial charge in [-0.1, -0.05) is 20.3 Å². The third kappa shape index (κ3) is 5.71. The molecule has 0 aromatic heterocycles. The van der Waals surface area contributed by atoms with Crippen LogP contribution in [0.5, 0.6) is 0 Å². The van der Waals surface area contributed by atoms with Crippen LogP contribution in [-0.2, 0) is 0 Å². The van der Waals surface area contributed by atoms with Crippen molar-refractivity contribution in [3.63, 3.8) is 0 Å². The minimum Gasteiger partial charge on any atom is -0.357 e. The maximum absolute atomic E-state index is 4.70. The van der Waals surface area contributed by atoms with Gasteiger partial charge in [0.2, 0.25) is 0 Å². The zero-order valence-electron chi connectivity index (χ0n) is 12.3. The smallest absolute Gasteiger partial charge is 0.191 e. The van der Waals surface area contributed by atoms with E-state index < -0.39 is 0 Å². The van der Waals surface area contributed by atoms with Crippen LogP contribution in [-0.4, -0.2) is 50.1 Å². The third-order valence-electron chi connectivity index (χ3n) is 3.49. The van der Waals surface area contributed by atoms with Gasteiger partial charge >= 0.3 is 0 Å². The van der Waals surface area contributed by atoms with Gasteiger partial charge in [-0.05, 0) is 38.8 Å². The normalized spacial score (nSPS) is 21.3. The van der Waals surface area contributed by atoms with E-state index in [0.29, 0.717) is 0 Å². The molecule has 1 aliphatic heterocycles. The van der Waals surface area contributed by atoms with Crippen molar-refractivity contribution in [2.24, 2.45) is 10.9 Å². The van der Waals surface area contributed by atoms with E-state index >= 15 is 0 Å². The minimum atomic E-state index is 0.742. The fourth-order valence-corrected chi connectivity index (χ4v) is 2.29. The van der Waals surface area contributed by atoms with E-state index in [-0.39, 0.29) is 0 Å². The molecule has 18 heavy (non-hydrogen) atoms. The highest BCUT2D eigenvalue weighted by Crippen LogP contribution is 2.15. The van der Waals surface area contributed by atoms with Crippen LogP contribution >= 0.6 is 0 Å². The van der Waals surface area contributed by atoms with Crippen molar-refractivity contribution in [2.45, 2.75) is 40.0 Å². The molecule has 1 saturated heterocycles. The molecular weight excluding hydrogens is 224 g/mol. The lowest BCUT2D eigenvalue weighted by Crippen LogP contribution is -2.38. The van der Waals surface area contributed by atoms with Gasteiger partial charge in [-0.2, -0.15) is 0 Å². The zero-order chi connectivity index (χ0) is 13.2. The van der Waals surface area contributed by atoms with Crippen molar-refractivity contribution in [3.8, 4) is 0 Å². The number of aliphatic imine (C=N–C) groups is 1. The van der Waals surface area contributed by atoms with Crippen molar-refractivity contribution in [1.82, 2.24) is 15.5 Å². The molecule has 2 N–H and O–H groups in total. The molecule has 0 aliphatic carbocycles. The van der Waals surface area contributed by atoms with Gasteiger partial charge in [0.1, 0.15) is 0 Å². The lowest BCUT2D eigenvalue weighted by Gasteiger charge is -2.13. The number of hydrogen-bond donors (Lipinski definition) is 2. The van der Waals surface area contributed by atoms with Crippen molar-refractivity contribution < 1.29 is 0 Å². The topological polar surface area (TPSA) is 39.7 Å². The van der Waals surface area contributed by atoms with E-state index in [1.807, 2.05) is 0 Å². The number of unbranched alkanes of at least 4 members (excludes halogenated alkanes) is 1. The van der Waals surface area contributed by atoms with E-state index in [0.717, 1.165) is 31.5 Å². The van der Waals surface area contributed by atoms with E-state index in [9.17, 15) is 0 Å². The van der Waals surface area contributed by atoms with Crippen LogP contribution in [0.4, 0.5) is 0 Å². The molecular formula is C14H30N4. The molecule has 0 spiro atoms. The average Bonchev–Trinajstić information content (AvgIpc) is 2.84. The summed E-state index contributed by atoms with van der Waals surface area (Å²) in [6, 6.07) is 0. The lowest BCUT2D eigenvalue weighted by atomic mass is 10.1. The van der Waals surface area contributed by atoms with Gasteiger partial charge < -0.3 is 15.5 Å². The summed E-state index contributed by atoms with van der Waals surface area (Å²) >= 11 is 0. The van der Waals surface area contributed by atoms with E-state index in [2.05, 4.69) is 36.3 Å². The quantitative estimate of drug-likeness (QED) is 0.412. The van der Waals surface area contributed by atoms with Crippen molar-refractivity contribution in [1.29, 1.82) is 0 Å². The first-order valence-corrected chi connectivity index (χ1v) is 7.54. The molecule has 0 radical (unpaired) electrons. The second-order valence-electron chi connectivity index (χ2n) is 5.05. The second-order valence-corrected chi connectivity index (χ2v) is 5.05. The van der Waals surface area contributed by atoms with Crippen LogP contribution in [0.3, 0.4) is 0 Å². The summed E-state index contributed by atoms with van der Waals surface area (Å²) in [5, 5.41) is 6.71. The predicted octanol–water partition coefficient (Wildman–Crippen LogP) is 1.68. The van der Waals surface area contributed by atoms with Crippen molar-refractivity contribution >= 4 is 5.96 Å². The minimum absolute atomic E-state index is 0.742. The van der Waals surface area contributed by atoms with Crippen molar-refractivity contribution in [3.05, 3.63) is 0 Å². The number of nitrogens with zero attached hydrogens (tertiary/aromatic N) is 2. The number of hydrogen-bond acceptors (Lipinski definition) is 2. The molecule has 0 amide bonds. The Labute approximate surface area is 112 Å². The molecule has 4 heteroatoms. The standard InChI is InChI=1S/C14H30N4/c1-4-7-9-16-14(15-5-2)17-11-13-8-10-18(6-3)12-13/h13H,4-12H2,1-3H3,(H2,15,16,17). The summed E-state index contributed by atoms with van der Waals surface area (Å²) in [6.07, 6.45) is 3.73. The molecule has 1 aliphatic rings. The predicted molar refractivity (Wildman–Crippen MR) is 79.1 cm³/mol. The average molecular weight is 254 g/mol. The van der Waals surface area contributed by atoms with E-state index in [1.54, 1.807) is 0 Å². The van der Waals surface area contributed by atoms with Gasteiger partial charge in [0.15, 0.2) is 5.96 Å². The Morgan fingerprint density at radius 1 is 1.28 bits per heavy atom. The molecule has 1 fully saturated rings. The van der Waals surface area contributed by atoms with Crippen LogP contribution in [0.2, 0.25) is 0 Å². The summed E-state index contributed by atoms with van der Waals surface area (Å²) in [7, 11) is 0. The summed E-state index contributed by atoms with van der Waals surface area (Å²) in [5.74, 6) is 1.73. The van der Waals surface area contributed by atoms with E-state index in [1.165, 1.54) is 38.9 Å². The zero-order valence-corrected chi connectivity index (χ0v) is 12.3. The number of likely N-dealkylation sites (tertiary alicyclic amines) is 1. The summed E-state index contributed by atoms with van der Waals surface area (Å²) < 4.78 is 0. The van der Waals surface area contributed by atoms with Crippen molar-refractivity contribution in [2.75, 3.05) is 39.3 Å². The molecule has 1 unspecified atom stereocenters. The SMILES string of the molecule is CCCCNC(=NCC1CCN(CC)C1)NCC. The maximum Gasteiger partial charge on any atom is 0.191 e. The Hall–Kier alpha value is -0.770. The Morgan fingerprint density at radius 2 is 2.11 bits per heavy atom. The molecule has 4 nitrogen and oxygen atoms in total. The highest BCUT2D eigenvalue weighted by atomic mass is 15.2. The highest BCUT2D eigenvalue weighted by molar-refractivity contribution is 5.79. The van der Waals surface area contributed by atoms with Gasteiger partial charge in [0.25, 0.3) is 0 Å². The van der Waals surface area contributed by atoms with Gasteiger partial charge in [-0.3, -0.25) is 4.99 Å². The van der Waals surface area contributed by atoms with Crippen LogP contribution in [0.15, 0.2) is 4.99 Å². The second kappa shape index (κ2) is 9.20. The van der Waals surface area contributed by atoms with E-state index in [4.69, 9.17) is 4.99 Å². The fourth-order valence-electron chi connectivity index (χ4n) is 2.29. The van der Waals surface area contributed by atoms with Crippen LogP contribution in [0.1, 0.15) is 40.0 Å². The molecule has 0 aromatic rings. The molecule has 1 atom stereocenters. The Kier molecular flexibility index (Phi) is 7.81. The fraction of sp³-hybridized carbons (Fsp3) is 0.929. The Balaban J connectivity index is 2.30. The monoisotopic (exact) mass is 254 g/mol. The summed E-state index contributed by atoms with van der Waals surface area (Å²) in [4.78, 5) is 7.22. The van der Waals surface area contributed by atoms with Gasteiger partial charge in [-0.25, -0.2) is 0 Å². The lowest BCUT2D eigenvalue weighted by molar-refractivity contribution is 0.343. The number of guanidine groups is 1. The van der Waals surface area contributed by atoms with Gasteiger partial charge in [0, 0.05) is 26.2 Å². The molecule has 106 valence electrons. The van der Waals surface area contributed by atoms with Gasteiger partial charge in [-0.15, -0.1) is 0 Å². The maximum atomic E-state index is 4.70. The molecule has 0 aromatic carbocycles. The van der Waals surface area contributed by atoms with Gasteiger partial charge in [0.05, 0.1) is 0 Å². The Morgan fingerprint density at radius 3 is 2.72 bits per heavy atom.